The molecule has 3 aromatic rings. The lowest BCUT2D eigenvalue weighted by Gasteiger charge is -2.11. The Morgan fingerprint density at radius 3 is 2.37 bits per heavy atom. The highest BCUT2D eigenvalue weighted by Gasteiger charge is 2.10. The van der Waals surface area contributed by atoms with Gasteiger partial charge in [0.05, 0.1) is 33.6 Å². The van der Waals surface area contributed by atoms with E-state index >= 15 is 0 Å². The van der Waals surface area contributed by atoms with E-state index in [4.69, 9.17) is 14.2 Å². The van der Waals surface area contributed by atoms with Crippen LogP contribution in [0.1, 0.15) is 29.4 Å². The van der Waals surface area contributed by atoms with Crippen molar-refractivity contribution in [3.8, 4) is 22.9 Å². The maximum Gasteiger partial charge on any atom is 0.161 e. The van der Waals surface area contributed by atoms with Gasteiger partial charge in [-0.2, -0.15) is 5.10 Å². The minimum absolute atomic E-state index is 0.592. The molecule has 1 N–H and O–H groups in total. The van der Waals surface area contributed by atoms with Gasteiger partial charge in [-0.25, -0.2) is 0 Å². The third-order valence-corrected chi connectivity index (χ3v) is 4.90. The molecule has 1 aromatic heterocycles. The summed E-state index contributed by atoms with van der Waals surface area (Å²) < 4.78 is 18.4. The Morgan fingerprint density at radius 2 is 1.70 bits per heavy atom. The maximum atomic E-state index is 5.54. The first-order chi connectivity index (χ1) is 14.6. The zero-order chi connectivity index (χ0) is 21.5. The molecule has 3 rings (SSSR count). The largest absolute Gasteiger partial charge is 0.494 e. The van der Waals surface area contributed by atoms with Gasteiger partial charge in [-0.05, 0) is 68.8 Å². The Hall–Kier alpha value is -3.41. The number of ether oxygens (including phenoxy) is 3. The van der Waals surface area contributed by atoms with Gasteiger partial charge in [0.2, 0.25) is 0 Å². The Bertz CT molecular complexity index is 1010. The first-order valence-corrected chi connectivity index (χ1v) is 9.96. The van der Waals surface area contributed by atoms with Gasteiger partial charge in [-0.1, -0.05) is 6.07 Å². The molecule has 0 aliphatic carbocycles. The highest BCUT2D eigenvalue weighted by molar-refractivity contribution is 5.82. The SMILES string of the molecule is CCOc1ccc(-n2c(C)cc(/C=N\NCc3ccc(OC)c(OC)c3)c2C)cc1. The molecule has 0 aliphatic heterocycles. The number of rotatable bonds is 9. The second kappa shape index (κ2) is 9.87. The van der Waals surface area contributed by atoms with E-state index in [1.165, 1.54) is 0 Å². The number of aromatic nitrogens is 1. The van der Waals surface area contributed by atoms with Gasteiger partial charge in [0.15, 0.2) is 11.5 Å². The van der Waals surface area contributed by atoms with E-state index in [-0.39, 0.29) is 0 Å². The van der Waals surface area contributed by atoms with Crippen molar-refractivity contribution < 1.29 is 14.2 Å². The second-order valence-corrected chi connectivity index (χ2v) is 6.87. The molecule has 30 heavy (non-hydrogen) atoms. The minimum Gasteiger partial charge on any atom is -0.494 e. The van der Waals surface area contributed by atoms with Gasteiger partial charge in [0.25, 0.3) is 0 Å². The molecule has 6 heteroatoms. The third kappa shape index (κ3) is 4.76. The van der Waals surface area contributed by atoms with Crippen LogP contribution in [0.3, 0.4) is 0 Å². The molecule has 0 fully saturated rings. The van der Waals surface area contributed by atoms with E-state index < -0.39 is 0 Å². The fourth-order valence-electron chi connectivity index (χ4n) is 3.42. The van der Waals surface area contributed by atoms with Crippen molar-refractivity contribution in [2.45, 2.75) is 27.3 Å². The number of nitrogens with zero attached hydrogens (tertiary/aromatic N) is 2. The van der Waals surface area contributed by atoms with Crippen molar-refractivity contribution in [2.24, 2.45) is 5.10 Å². The van der Waals surface area contributed by atoms with Crippen molar-refractivity contribution in [3.63, 3.8) is 0 Å². The van der Waals surface area contributed by atoms with Crippen LogP contribution in [-0.4, -0.2) is 31.6 Å². The zero-order valence-electron chi connectivity index (χ0n) is 18.2. The second-order valence-electron chi connectivity index (χ2n) is 6.87. The van der Waals surface area contributed by atoms with Crippen molar-refractivity contribution in [3.05, 3.63) is 71.0 Å². The van der Waals surface area contributed by atoms with Crippen LogP contribution < -0.4 is 19.6 Å². The number of hydrogen-bond donors (Lipinski definition) is 1. The number of nitrogens with one attached hydrogen (secondary N) is 1. The van der Waals surface area contributed by atoms with Gasteiger partial charge < -0.3 is 24.2 Å². The normalized spacial score (nSPS) is 11.0. The minimum atomic E-state index is 0.592. The van der Waals surface area contributed by atoms with Crippen molar-refractivity contribution in [2.75, 3.05) is 20.8 Å². The molecule has 0 unspecified atom stereocenters. The van der Waals surface area contributed by atoms with Crippen LogP contribution >= 0.6 is 0 Å². The fourth-order valence-corrected chi connectivity index (χ4v) is 3.42. The quantitative estimate of drug-likeness (QED) is 0.415. The summed E-state index contributed by atoms with van der Waals surface area (Å²) in [7, 11) is 3.26. The monoisotopic (exact) mass is 407 g/mol. The Balaban J connectivity index is 1.69. The van der Waals surface area contributed by atoms with Crippen molar-refractivity contribution in [1.82, 2.24) is 9.99 Å². The van der Waals surface area contributed by atoms with Crippen LogP contribution in [0.15, 0.2) is 53.6 Å². The summed E-state index contributed by atoms with van der Waals surface area (Å²) in [6.07, 6.45) is 1.86. The van der Waals surface area contributed by atoms with Gasteiger partial charge in [0, 0.05) is 22.6 Å². The number of methoxy groups -OCH3 is 2. The molecule has 6 nitrogen and oxygen atoms in total. The molecular weight excluding hydrogens is 378 g/mol. The molecule has 0 radical (unpaired) electrons. The van der Waals surface area contributed by atoms with Gasteiger partial charge >= 0.3 is 0 Å². The molecule has 0 saturated carbocycles. The lowest BCUT2D eigenvalue weighted by atomic mass is 10.2. The first-order valence-electron chi connectivity index (χ1n) is 9.96. The van der Waals surface area contributed by atoms with Crippen LogP contribution in [0.2, 0.25) is 0 Å². The molecule has 1 heterocycles. The summed E-state index contributed by atoms with van der Waals surface area (Å²) in [5, 5.41) is 4.40. The molecule has 2 aromatic carbocycles. The fraction of sp³-hybridized carbons (Fsp3) is 0.292. The molecule has 0 atom stereocenters. The van der Waals surface area contributed by atoms with Gasteiger partial charge in [0.1, 0.15) is 5.75 Å². The lowest BCUT2D eigenvalue weighted by molar-refractivity contribution is 0.340. The number of hydrazone groups is 1. The molecule has 158 valence electrons. The molecule has 0 spiro atoms. The maximum absolute atomic E-state index is 5.54. The van der Waals surface area contributed by atoms with E-state index in [1.807, 2.05) is 43.5 Å². The van der Waals surface area contributed by atoms with Crippen LogP contribution in [-0.2, 0) is 6.54 Å². The Kier molecular flexibility index (Phi) is 7.01. The van der Waals surface area contributed by atoms with Crippen LogP contribution in [0, 0.1) is 13.8 Å². The summed E-state index contributed by atoms with van der Waals surface area (Å²) >= 11 is 0. The van der Waals surface area contributed by atoms with Gasteiger partial charge in [-0.3, -0.25) is 0 Å². The Morgan fingerprint density at radius 1 is 0.967 bits per heavy atom. The first kappa shape index (κ1) is 21.3. The van der Waals surface area contributed by atoms with Crippen molar-refractivity contribution in [1.29, 1.82) is 0 Å². The average molecular weight is 408 g/mol. The van der Waals surface area contributed by atoms with E-state index in [0.717, 1.165) is 34.0 Å². The summed E-state index contributed by atoms with van der Waals surface area (Å²) in [4.78, 5) is 0. The third-order valence-electron chi connectivity index (χ3n) is 4.90. The number of hydrogen-bond acceptors (Lipinski definition) is 5. The molecule has 0 saturated heterocycles. The molecule has 0 bridgehead atoms. The van der Waals surface area contributed by atoms with Gasteiger partial charge in [-0.15, -0.1) is 0 Å². The lowest BCUT2D eigenvalue weighted by Crippen LogP contribution is -2.06. The topological polar surface area (TPSA) is 57.0 Å². The van der Waals surface area contributed by atoms with Crippen LogP contribution in [0.25, 0.3) is 5.69 Å². The summed E-state index contributed by atoms with van der Waals surface area (Å²) in [6, 6.07) is 16.1. The summed E-state index contributed by atoms with van der Waals surface area (Å²) in [6.45, 7) is 7.43. The summed E-state index contributed by atoms with van der Waals surface area (Å²) in [5.74, 6) is 2.30. The van der Waals surface area contributed by atoms with Crippen LogP contribution in [0.4, 0.5) is 0 Å². The predicted molar refractivity (Wildman–Crippen MR) is 120 cm³/mol. The van der Waals surface area contributed by atoms with E-state index in [2.05, 4.69) is 47.1 Å². The average Bonchev–Trinajstić information content (AvgIpc) is 3.05. The van der Waals surface area contributed by atoms with E-state index in [1.54, 1.807) is 14.2 Å². The van der Waals surface area contributed by atoms with E-state index in [9.17, 15) is 0 Å². The standard InChI is InChI=1S/C24H29N3O3/c1-6-30-22-10-8-21(9-11-22)27-17(2)13-20(18(27)3)16-26-25-15-19-7-12-23(28-4)24(14-19)29-5/h7-14,16,25H,6,15H2,1-5H3/b26-16-. The predicted octanol–water partition coefficient (Wildman–Crippen LogP) is 4.63. The number of benzene rings is 2. The number of aryl methyl sites for hydroxylation is 1. The smallest absolute Gasteiger partial charge is 0.161 e. The highest BCUT2D eigenvalue weighted by Crippen LogP contribution is 2.27. The zero-order valence-corrected chi connectivity index (χ0v) is 18.2. The molecular formula is C24H29N3O3. The van der Waals surface area contributed by atoms with Crippen LogP contribution in [0.5, 0.6) is 17.2 Å². The van der Waals surface area contributed by atoms with Crippen molar-refractivity contribution >= 4 is 6.21 Å². The summed E-state index contributed by atoms with van der Waals surface area (Å²) in [5.41, 5.74) is 8.62. The highest BCUT2D eigenvalue weighted by atomic mass is 16.5. The molecule has 0 amide bonds. The van der Waals surface area contributed by atoms with E-state index in [0.29, 0.717) is 24.7 Å². The molecule has 0 aliphatic rings. The Labute approximate surface area is 178 Å².